The predicted molar refractivity (Wildman–Crippen MR) is 140 cm³/mol. The van der Waals surface area contributed by atoms with Gasteiger partial charge in [0, 0.05) is 12.1 Å². The Morgan fingerprint density at radius 2 is 1.57 bits per heavy atom. The van der Waals surface area contributed by atoms with Crippen LogP contribution in [0.4, 0.5) is 11.4 Å². The summed E-state index contributed by atoms with van der Waals surface area (Å²) in [5, 5.41) is 6.94. The van der Waals surface area contributed by atoms with Gasteiger partial charge >= 0.3 is 0 Å². The van der Waals surface area contributed by atoms with Crippen molar-refractivity contribution in [3.63, 3.8) is 0 Å². The minimum absolute atomic E-state index is 0.0507. The van der Waals surface area contributed by atoms with Gasteiger partial charge in [0.25, 0.3) is 10.0 Å². The lowest BCUT2D eigenvalue weighted by Crippen LogP contribution is -2.18. The molecule has 5 rings (SSSR count). The van der Waals surface area contributed by atoms with Crippen molar-refractivity contribution in [1.82, 2.24) is 0 Å². The van der Waals surface area contributed by atoms with Crippen molar-refractivity contribution in [2.45, 2.75) is 17.4 Å². The summed E-state index contributed by atoms with van der Waals surface area (Å²) in [6.07, 6.45) is 0.623. The number of ether oxygens (including phenoxy) is 1. The van der Waals surface area contributed by atoms with Crippen molar-refractivity contribution in [3.05, 3.63) is 120 Å². The molecule has 1 aliphatic rings. The Hall–Kier alpha value is -4.10. The predicted octanol–water partition coefficient (Wildman–Crippen LogP) is 5.85. The van der Waals surface area contributed by atoms with E-state index in [1.165, 1.54) is 0 Å². The molecular weight excluding hydrogens is 458 g/mol. The van der Waals surface area contributed by atoms with Gasteiger partial charge in [0.2, 0.25) is 0 Å². The van der Waals surface area contributed by atoms with Crippen LogP contribution in [0, 0.1) is 0 Å². The molecule has 1 heterocycles. The first-order chi connectivity index (χ1) is 17.0. The van der Waals surface area contributed by atoms with Gasteiger partial charge in [-0.05, 0) is 59.7 Å². The summed E-state index contributed by atoms with van der Waals surface area (Å²) >= 11 is 0. The second-order valence-electron chi connectivity index (χ2n) is 8.22. The molecule has 6 nitrogen and oxygen atoms in total. The van der Waals surface area contributed by atoms with Crippen molar-refractivity contribution >= 4 is 27.1 Å². The Kier molecular flexibility index (Phi) is 6.25. The Morgan fingerprint density at radius 3 is 2.31 bits per heavy atom. The number of nitrogens with one attached hydrogen (secondary N) is 1. The Labute approximate surface area is 205 Å². The average molecular weight is 484 g/mol. The number of para-hydroxylation sites is 2. The van der Waals surface area contributed by atoms with Gasteiger partial charge < -0.3 is 4.74 Å². The Morgan fingerprint density at radius 1 is 0.857 bits per heavy atom. The number of sulfonamides is 1. The summed E-state index contributed by atoms with van der Waals surface area (Å²) in [6.45, 7) is 0. The molecule has 1 unspecified atom stereocenters. The van der Waals surface area contributed by atoms with Crippen molar-refractivity contribution in [2.24, 2.45) is 5.10 Å². The molecule has 0 fully saturated rings. The van der Waals surface area contributed by atoms with E-state index in [-0.39, 0.29) is 10.9 Å². The molecule has 0 spiro atoms. The molecule has 7 heteroatoms. The molecule has 0 amide bonds. The van der Waals surface area contributed by atoms with Crippen LogP contribution in [0.25, 0.3) is 0 Å². The van der Waals surface area contributed by atoms with E-state index in [1.54, 1.807) is 49.6 Å². The molecule has 176 valence electrons. The largest absolute Gasteiger partial charge is 0.497 e. The van der Waals surface area contributed by atoms with Crippen LogP contribution in [-0.4, -0.2) is 21.2 Å². The number of hydrazone groups is 1. The van der Waals surface area contributed by atoms with Gasteiger partial charge in [-0.3, -0.25) is 9.73 Å². The lowest BCUT2D eigenvalue weighted by molar-refractivity contribution is 0.414. The minimum atomic E-state index is -3.74. The van der Waals surface area contributed by atoms with E-state index in [0.29, 0.717) is 12.1 Å². The summed E-state index contributed by atoms with van der Waals surface area (Å²) in [5.74, 6) is 0.782. The molecule has 1 atom stereocenters. The summed E-state index contributed by atoms with van der Waals surface area (Å²) in [5.41, 5.74) is 4.14. The van der Waals surface area contributed by atoms with Crippen LogP contribution in [-0.2, 0) is 10.0 Å². The summed E-state index contributed by atoms with van der Waals surface area (Å²) in [4.78, 5) is 0.192. The van der Waals surface area contributed by atoms with Gasteiger partial charge in [-0.1, -0.05) is 60.7 Å². The van der Waals surface area contributed by atoms with E-state index >= 15 is 0 Å². The number of anilines is 2. The number of methoxy groups -OCH3 is 1. The van der Waals surface area contributed by atoms with Crippen molar-refractivity contribution in [2.75, 3.05) is 16.8 Å². The van der Waals surface area contributed by atoms with E-state index in [0.717, 1.165) is 28.3 Å². The van der Waals surface area contributed by atoms with Crippen LogP contribution in [0.3, 0.4) is 0 Å². The van der Waals surface area contributed by atoms with Crippen LogP contribution >= 0.6 is 0 Å². The molecule has 0 saturated carbocycles. The van der Waals surface area contributed by atoms with E-state index in [4.69, 9.17) is 9.84 Å². The zero-order valence-electron chi connectivity index (χ0n) is 19.2. The fraction of sp³-hybridized carbons (Fsp3) is 0.107. The number of benzene rings is 4. The summed E-state index contributed by atoms with van der Waals surface area (Å²) in [7, 11) is -2.09. The first-order valence-electron chi connectivity index (χ1n) is 11.3. The topological polar surface area (TPSA) is 71.0 Å². The molecule has 0 saturated heterocycles. The van der Waals surface area contributed by atoms with Gasteiger partial charge in [-0.25, -0.2) is 8.42 Å². The molecule has 0 bridgehead atoms. The summed E-state index contributed by atoms with van der Waals surface area (Å²) < 4.78 is 34.2. The maximum absolute atomic E-state index is 13.0. The SMILES string of the molecule is COc1cccc(C2CC(c3cccc(S(=O)(=O)Nc4ccccc4)c3)=NN2c2ccccc2)c1. The second kappa shape index (κ2) is 9.64. The lowest BCUT2D eigenvalue weighted by Gasteiger charge is -2.24. The fourth-order valence-electron chi connectivity index (χ4n) is 4.18. The average Bonchev–Trinajstić information content (AvgIpc) is 3.35. The number of hydrogen-bond acceptors (Lipinski definition) is 5. The molecule has 1 aliphatic heterocycles. The van der Waals surface area contributed by atoms with Crippen LogP contribution in [0.1, 0.15) is 23.6 Å². The quantitative estimate of drug-likeness (QED) is 0.358. The molecule has 4 aromatic carbocycles. The highest BCUT2D eigenvalue weighted by Crippen LogP contribution is 2.37. The van der Waals surface area contributed by atoms with Crippen LogP contribution in [0.15, 0.2) is 119 Å². The monoisotopic (exact) mass is 483 g/mol. The highest BCUT2D eigenvalue weighted by atomic mass is 32.2. The van der Waals surface area contributed by atoms with Gasteiger partial charge in [-0.15, -0.1) is 0 Å². The number of nitrogens with zero attached hydrogens (tertiary/aromatic N) is 2. The molecule has 0 aromatic heterocycles. The minimum Gasteiger partial charge on any atom is -0.497 e. The normalized spacial score (nSPS) is 15.5. The van der Waals surface area contributed by atoms with Gasteiger partial charge in [0.1, 0.15) is 5.75 Å². The number of rotatable bonds is 7. The number of hydrogen-bond donors (Lipinski definition) is 1. The maximum atomic E-state index is 13.0. The molecule has 35 heavy (non-hydrogen) atoms. The van der Waals surface area contributed by atoms with E-state index in [1.807, 2.05) is 65.7 Å². The zero-order valence-corrected chi connectivity index (χ0v) is 20.0. The third-order valence-corrected chi connectivity index (χ3v) is 7.29. The standard InChI is InChI=1S/C28H25N3O3S/c1-34-25-16-8-11-22(18-25)28-20-27(29-31(28)24-14-6-3-7-15-24)21-10-9-17-26(19-21)35(32,33)30-23-12-4-2-5-13-23/h2-19,28,30H,20H2,1H3. The highest BCUT2D eigenvalue weighted by molar-refractivity contribution is 7.92. The zero-order chi connectivity index (χ0) is 24.3. The molecule has 1 N–H and O–H groups in total. The van der Waals surface area contributed by atoms with Crippen LogP contribution in [0.5, 0.6) is 5.75 Å². The Bertz CT molecular complexity index is 1460. The third kappa shape index (κ3) is 4.90. The van der Waals surface area contributed by atoms with E-state index in [2.05, 4.69) is 10.8 Å². The fourth-order valence-corrected chi connectivity index (χ4v) is 5.28. The van der Waals surface area contributed by atoms with Crippen LogP contribution < -0.4 is 14.5 Å². The van der Waals surface area contributed by atoms with Crippen molar-refractivity contribution in [3.8, 4) is 5.75 Å². The van der Waals surface area contributed by atoms with Crippen molar-refractivity contribution in [1.29, 1.82) is 0 Å². The maximum Gasteiger partial charge on any atom is 0.261 e. The van der Waals surface area contributed by atoms with Gasteiger partial charge in [0.15, 0.2) is 0 Å². The van der Waals surface area contributed by atoms with E-state index < -0.39 is 10.0 Å². The van der Waals surface area contributed by atoms with Crippen molar-refractivity contribution < 1.29 is 13.2 Å². The first kappa shape index (κ1) is 22.7. The first-order valence-corrected chi connectivity index (χ1v) is 12.8. The van der Waals surface area contributed by atoms with Gasteiger partial charge in [0.05, 0.1) is 29.4 Å². The molecule has 4 aromatic rings. The Balaban J connectivity index is 1.50. The smallest absolute Gasteiger partial charge is 0.261 e. The molecular formula is C28H25N3O3S. The molecule has 0 aliphatic carbocycles. The highest BCUT2D eigenvalue weighted by Gasteiger charge is 2.30. The molecule has 0 radical (unpaired) electrons. The lowest BCUT2D eigenvalue weighted by atomic mass is 9.98. The van der Waals surface area contributed by atoms with Gasteiger partial charge in [-0.2, -0.15) is 5.10 Å². The second-order valence-corrected chi connectivity index (χ2v) is 9.91. The van der Waals surface area contributed by atoms with E-state index in [9.17, 15) is 8.42 Å². The summed E-state index contributed by atoms with van der Waals surface area (Å²) in [6, 6.07) is 33.7. The van der Waals surface area contributed by atoms with Crippen LogP contribution in [0.2, 0.25) is 0 Å². The third-order valence-electron chi connectivity index (χ3n) is 5.91.